The molecule has 0 bridgehead atoms. The van der Waals surface area contributed by atoms with E-state index in [2.05, 4.69) is 39.2 Å². The van der Waals surface area contributed by atoms with Gasteiger partial charge in [-0.2, -0.15) is 27.1 Å². The Morgan fingerprint density at radius 2 is 1.60 bits per heavy atom. The lowest BCUT2D eigenvalue weighted by Crippen LogP contribution is -2.01. The maximum atomic E-state index is 12.1. The summed E-state index contributed by atoms with van der Waals surface area (Å²) in [5, 5.41) is 49.1. The number of nitrogens with zero attached hydrogens (tertiary/aromatic N) is 4. The number of benzene rings is 3. The van der Waals surface area contributed by atoms with E-state index in [1.807, 2.05) is 0 Å². The van der Waals surface area contributed by atoms with Crippen LogP contribution < -0.4 is 5.73 Å². The van der Waals surface area contributed by atoms with Crippen LogP contribution in [-0.2, 0) is 49.6 Å². The van der Waals surface area contributed by atoms with Gasteiger partial charge in [0.25, 0.3) is 20.2 Å². The van der Waals surface area contributed by atoms with Crippen LogP contribution in [0.4, 0.5) is 22.7 Å². The molecule has 0 atom stereocenters. The number of phenols is 1. The van der Waals surface area contributed by atoms with Crippen molar-refractivity contribution in [3.05, 3.63) is 35.9 Å². The number of hydrogen-bond acceptors (Lipinski definition) is 19. The smallest absolute Gasteiger partial charge is 0.296 e. The summed E-state index contributed by atoms with van der Waals surface area (Å²) in [4.78, 5) is -1.51. The van der Waals surface area contributed by atoms with Gasteiger partial charge in [-0.15, -0.1) is 18.9 Å². The topological polar surface area (TPSA) is 291 Å². The largest absolute Gasteiger partial charge is 0.505 e. The first-order valence-electron chi connectivity index (χ1n) is 11.2. The maximum absolute atomic E-state index is 12.1. The van der Waals surface area contributed by atoms with Gasteiger partial charge in [0.2, 0.25) is 0 Å². The highest BCUT2D eigenvalue weighted by Gasteiger charge is 2.26. The zero-order valence-electron chi connectivity index (χ0n) is 21.4. The summed E-state index contributed by atoms with van der Waals surface area (Å²) in [6.45, 7) is 0.123. The third-order valence-corrected chi connectivity index (χ3v) is 8.05. The van der Waals surface area contributed by atoms with Crippen LogP contribution >= 0.6 is 24.4 Å². The molecule has 0 amide bonds. The second-order valence-corrected chi connectivity index (χ2v) is 12.0. The van der Waals surface area contributed by atoms with Crippen LogP contribution in [0.25, 0.3) is 10.8 Å². The highest BCUT2D eigenvalue weighted by molar-refractivity contribution is 7.94. The van der Waals surface area contributed by atoms with Gasteiger partial charge in [-0.3, -0.25) is 13.3 Å². The van der Waals surface area contributed by atoms with Crippen LogP contribution in [-0.4, -0.2) is 55.2 Å². The minimum atomic E-state index is -4.91. The summed E-state index contributed by atoms with van der Waals surface area (Å²) in [5.74, 6) is -0.804. The van der Waals surface area contributed by atoms with Crippen LogP contribution in [0.3, 0.4) is 0 Å². The number of anilines is 1. The van der Waals surface area contributed by atoms with Gasteiger partial charge in [0.15, 0.2) is 18.1 Å². The molecule has 0 aliphatic carbocycles. The molecular formula is C20H21N5O14S4. The molecule has 7 N–H and O–H groups in total. The SMILES string of the molecule is C/N=N/c1c(S(=O)(=O)O)cc2cc(SOOO)c(/N=N/c3ccc(CCCOSOOO)cc3S(=O)(=O)O)c(N)c2c1O. The molecule has 0 fully saturated rings. The van der Waals surface area contributed by atoms with Crippen molar-refractivity contribution in [3.63, 3.8) is 0 Å². The fourth-order valence-corrected chi connectivity index (χ4v) is 5.72. The molecule has 3 aromatic rings. The van der Waals surface area contributed by atoms with Crippen molar-refractivity contribution in [2.24, 2.45) is 20.5 Å². The van der Waals surface area contributed by atoms with E-state index in [0.29, 0.717) is 42.8 Å². The van der Waals surface area contributed by atoms with Crippen LogP contribution in [0.5, 0.6) is 5.75 Å². The summed E-state index contributed by atoms with van der Waals surface area (Å²) in [6, 6.07) is 6.00. The number of hydrogen-bond donors (Lipinski definition) is 6. The van der Waals surface area contributed by atoms with Crippen molar-refractivity contribution >= 4 is 78.1 Å². The normalized spacial score (nSPS) is 12.7. The Balaban J connectivity index is 2.13. The minimum Gasteiger partial charge on any atom is -0.505 e. The summed E-state index contributed by atoms with van der Waals surface area (Å²) >= 11 is 0.694. The van der Waals surface area contributed by atoms with Crippen LogP contribution in [0, 0.1) is 0 Å². The number of aromatic hydroxyl groups is 1. The van der Waals surface area contributed by atoms with Crippen molar-refractivity contribution in [2.75, 3.05) is 19.4 Å². The molecule has 0 unspecified atom stereocenters. The Kier molecular flexibility index (Phi) is 12.1. The van der Waals surface area contributed by atoms with Crippen molar-refractivity contribution in [2.45, 2.75) is 27.5 Å². The monoisotopic (exact) mass is 683 g/mol. The van der Waals surface area contributed by atoms with Crippen molar-refractivity contribution in [3.8, 4) is 5.75 Å². The molecule has 23 heteroatoms. The molecule has 3 aromatic carbocycles. The third-order valence-electron chi connectivity index (χ3n) is 5.31. The number of phenolic OH excluding ortho intramolecular Hbond substituents is 1. The summed E-state index contributed by atoms with van der Waals surface area (Å²) < 4.78 is 81.0. The molecule has 0 heterocycles. The van der Waals surface area contributed by atoms with E-state index < -0.39 is 41.5 Å². The van der Waals surface area contributed by atoms with E-state index in [9.17, 15) is 31.0 Å². The average molecular weight is 684 g/mol. The standard InChI is InChI=1S/C20H21N5O14S4/c1-22-24-19-15(43(32,33)34)9-11-8-13(40-38-36-27)18(17(21)16(11)20(19)26)25-23-12-5-4-10(7-14(12)42(29,30)31)3-2-6-35-41-39-37-28/h4-5,7-9,26-28H,2-3,6,21H2,1H3,(H,29,30,31)(H,32,33,34)/b24-22+,25-23+. The maximum Gasteiger partial charge on any atom is 0.296 e. The van der Waals surface area contributed by atoms with Gasteiger partial charge < -0.3 is 10.8 Å². The zero-order chi connectivity index (χ0) is 31.8. The number of nitrogens with two attached hydrogens (primary N) is 1. The van der Waals surface area contributed by atoms with Crippen molar-refractivity contribution < 1.29 is 64.5 Å². The van der Waals surface area contributed by atoms with Gasteiger partial charge in [0, 0.05) is 7.05 Å². The van der Waals surface area contributed by atoms with Crippen molar-refractivity contribution in [1.82, 2.24) is 0 Å². The van der Waals surface area contributed by atoms with Crippen LogP contribution in [0.15, 0.2) is 65.5 Å². The number of azo groups is 2. The first kappa shape index (κ1) is 34.5. The highest BCUT2D eigenvalue weighted by Crippen LogP contribution is 2.49. The van der Waals surface area contributed by atoms with E-state index >= 15 is 0 Å². The van der Waals surface area contributed by atoms with Crippen molar-refractivity contribution in [1.29, 1.82) is 0 Å². The lowest BCUT2D eigenvalue weighted by molar-refractivity contribution is -0.434. The third kappa shape index (κ3) is 8.76. The van der Waals surface area contributed by atoms with E-state index in [0.717, 1.165) is 12.1 Å². The quantitative estimate of drug-likeness (QED) is 0.0230. The predicted octanol–water partition coefficient (Wildman–Crippen LogP) is 5.11. The molecular weight excluding hydrogens is 663 g/mol. The molecule has 0 aromatic heterocycles. The number of fused-ring (bicyclic) bond motifs is 1. The van der Waals surface area contributed by atoms with Gasteiger partial charge in [-0.25, -0.2) is 10.5 Å². The number of nitrogen functional groups attached to an aromatic ring is 1. The molecule has 0 saturated heterocycles. The Hall–Kier alpha value is -3.04. The molecule has 0 aliphatic rings. The van der Waals surface area contributed by atoms with Gasteiger partial charge in [-0.05, 0) is 48.1 Å². The second kappa shape index (κ2) is 15.1. The Bertz CT molecular complexity index is 1750. The second-order valence-electron chi connectivity index (χ2n) is 7.92. The summed E-state index contributed by atoms with van der Waals surface area (Å²) in [6.07, 6.45) is 0.663. The Morgan fingerprint density at radius 3 is 2.23 bits per heavy atom. The zero-order valence-corrected chi connectivity index (χ0v) is 24.7. The molecule has 234 valence electrons. The molecule has 3 rings (SSSR count). The summed E-state index contributed by atoms with van der Waals surface area (Å²) in [7, 11) is -8.55. The van der Waals surface area contributed by atoms with Gasteiger partial charge in [-0.1, -0.05) is 16.1 Å². The van der Waals surface area contributed by atoms with E-state index in [-0.39, 0.29) is 39.3 Å². The highest BCUT2D eigenvalue weighted by atomic mass is 32.2. The van der Waals surface area contributed by atoms with Crippen LogP contribution in [0.2, 0.25) is 0 Å². The summed E-state index contributed by atoms with van der Waals surface area (Å²) in [5.41, 5.74) is 5.12. The van der Waals surface area contributed by atoms with Gasteiger partial charge in [0.1, 0.15) is 26.9 Å². The minimum absolute atomic E-state index is 0.0681. The first-order valence-corrected chi connectivity index (χ1v) is 15.4. The fraction of sp³-hybridized carbons (Fsp3) is 0.200. The fourth-order valence-electron chi connectivity index (χ4n) is 3.63. The molecule has 0 spiro atoms. The lowest BCUT2D eigenvalue weighted by atomic mass is 10.1. The van der Waals surface area contributed by atoms with Crippen LogP contribution in [0.1, 0.15) is 12.0 Å². The lowest BCUT2D eigenvalue weighted by Gasteiger charge is -2.14. The van der Waals surface area contributed by atoms with Gasteiger partial charge >= 0.3 is 0 Å². The molecule has 19 nitrogen and oxygen atoms in total. The van der Waals surface area contributed by atoms with E-state index in [1.54, 1.807) is 0 Å². The molecule has 0 saturated carbocycles. The number of aryl methyl sites for hydroxylation is 1. The Labute approximate surface area is 251 Å². The Morgan fingerprint density at radius 1 is 0.907 bits per heavy atom. The van der Waals surface area contributed by atoms with E-state index in [1.165, 1.54) is 25.2 Å². The first-order chi connectivity index (χ1) is 20.3. The molecule has 43 heavy (non-hydrogen) atoms. The van der Waals surface area contributed by atoms with Gasteiger partial charge in [0.05, 0.1) is 34.6 Å². The van der Waals surface area contributed by atoms with E-state index in [4.69, 9.17) is 20.4 Å². The number of rotatable bonds is 15. The average Bonchev–Trinajstić information content (AvgIpc) is 2.93. The molecule has 0 radical (unpaired) electrons. The molecule has 0 aliphatic heterocycles. The predicted molar refractivity (Wildman–Crippen MR) is 148 cm³/mol.